The number of pyridine rings is 1. The van der Waals surface area contributed by atoms with E-state index in [1.54, 1.807) is 18.2 Å². The summed E-state index contributed by atoms with van der Waals surface area (Å²) in [6.45, 7) is 0. The summed E-state index contributed by atoms with van der Waals surface area (Å²) in [6, 6.07) is 6.45. The van der Waals surface area contributed by atoms with Crippen LogP contribution in [0, 0.1) is 0 Å². The minimum Gasteiger partial charge on any atom is -0.403 e. The Morgan fingerprint density at radius 3 is 2.93 bits per heavy atom. The molecular formula is C9H6N2O3. The van der Waals surface area contributed by atoms with Crippen molar-refractivity contribution in [2.75, 3.05) is 0 Å². The molecule has 2 rings (SSSR count). The number of rotatable bonds is 2. The molecule has 0 N–H and O–H groups in total. The van der Waals surface area contributed by atoms with Gasteiger partial charge in [0.05, 0.1) is 0 Å². The Morgan fingerprint density at radius 1 is 1.36 bits per heavy atom. The summed E-state index contributed by atoms with van der Waals surface area (Å²) >= 11 is 0. The third-order valence-electron chi connectivity index (χ3n) is 1.48. The molecule has 2 aromatic heterocycles. The normalized spacial score (nSPS) is 9.71. The molecule has 0 saturated carbocycles. The second-order valence-corrected chi connectivity index (χ2v) is 2.44. The van der Waals surface area contributed by atoms with E-state index in [0.29, 0.717) is 0 Å². The standard InChI is InChI=1S/C9H6N2O3/c12-9(7-4-6-13-11-7)14-8-3-1-2-5-10-8/h1-6H. The van der Waals surface area contributed by atoms with Gasteiger partial charge in [-0.25, -0.2) is 9.78 Å². The van der Waals surface area contributed by atoms with Crippen molar-refractivity contribution in [3.05, 3.63) is 42.4 Å². The van der Waals surface area contributed by atoms with Crippen molar-refractivity contribution in [2.45, 2.75) is 0 Å². The van der Waals surface area contributed by atoms with E-state index in [4.69, 9.17) is 4.74 Å². The van der Waals surface area contributed by atoms with E-state index < -0.39 is 5.97 Å². The fourth-order valence-electron chi connectivity index (χ4n) is 0.873. The average Bonchev–Trinajstić information content (AvgIpc) is 2.72. The first-order chi connectivity index (χ1) is 6.86. The number of hydrogen-bond donors (Lipinski definition) is 0. The van der Waals surface area contributed by atoms with Gasteiger partial charge in [-0.3, -0.25) is 0 Å². The van der Waals surface area contributed by atoms with Crippen LogP contribution in [0.3, 0.4) is 0 Å². The number of carbonyl (C=O) groups is 1. The van der Waals surface area contributed by atoms with Crippen molar-refractivity contribution >= 4 is 5.97 Å². The van der Waals surface area contributed by atoms with Crippen molar-refractivity contribution < 1.29 is 14.1 Å². The van der Waals surface area contributed by atoms with E-state index in [2.05, 4.69) is 14.7 Å². The van der Waals surface area contributed by atoms with Crippen LogP contribution in [0.4, 0.5) is 0 Å². The lowest BCUT2D eigenvalue weighted by Crippen LogP contribution is -2.09. The zero-order valence-corrected chi connectivity index (χ0v) is 7.08. The molecule has 0 aliphatic carbocycles. The fourth-order valence-corrected chi connectivity index (χ4v) is 0.873. The van der Waals surface area contributed by atoms with Gasteiger partial charge >= 0.3 is 5.97 Å². The molecule has 0 aliphatic heterocycles. The number of aromatic nitrogens is 2. The summed E-state index contributed by atoms with van der Waals surface area (Å²) in [5.41, 5.74) is 0.121. The minimum absolute atomic E-state index is 0.121. The van der Waals surface area contributed by atoms with E-state index in [1.165, 1.54) is 18.5 Å². The Hall–Kier alpha value is -2.17. The maximum Gasteiger partial charge on any atom is 0.367 e. The van der Waals surface area contributed by atoms with E-state index >= 15 is 0 Å². The van der Waals surface area contributed by atoms with Crippen LogP contribution in [0.1, 0.15) is 10.5 Å². The first-order valence-corrected chi connectivity index (χ1v) is 3.90. The number of ether oxygens (including phenoxy) is 1. The molecule has 14 heavy (non-hydrogen) atoms. The predicted octanol–water partition coefficient (Wildman–Crippen LogP) is 1.29. The summed E-state index contributed by atoms with van der Waals surface area (Å²) in [5.74, 6) is -0.349. The Morgan fingerprint density at radius 2 is 2.29 bits per heavy atom. The zero-order chi connectivity index (χ0) is 9.80. The van der Waals surface area contributed by atoms with Crippen molar-refractivity contribution in [3.63, 3.8) is 0 Å². The molecular weight excluding hydrogens is 184 g/mol. The maximum atomic E-state index is 11.3. The summed E-state index contributed by atoms with van der Waals surface area (Å²) in [4.78, 5) is 15.1. The van der Waals surface area contributed by atoms with Gasteiger partial charge in [-0.05, 0) is 6.07 Å². The first-order valence-electron chi connectivity index (χ1n) is 3.90. The van der Waals surface area contributed by atoms with Gasteiger partial charge in [-0.2, -0.15) is 0 Å². The maximum absolute atomic E-state index is 11.3. The minimum atomic E-state index is -0.586. The van der Waals surface area contributed by atoms with Gasteiger partial charge in [-0.1, -0.05) is 11.2 Å². The Kier molecular flexibility index (Phi) is 2.22. The molecule has 0 radical (unpaired) electrons. The van der Waals surface area contributed by atoms with Crippen LogP contribution >= 0.6 is 0 Å². The predicted molar refractivity (Wildman–Crippen MR) is 45.7 cm³/mol. The molecule has 5 nitrogen and oxygen atoms in total. The molecule has 0 aliphatic rings. The highest BCUT2D eigenvalue weighted by Gasteiger charge is 2.11. The quantitative estimate of drug-likeness (QED) is 0.667. The third-order valence-corrected chi connectivity index (χ3v) is 1.48. The lowest BCUT2D eigenvalue weighted by molar-refractivity contribution is 0.0716. The average molecular weight is 190 g/mol. The lowest BCUT2D eigenvalue weighted by atomic mass is 10.4. The Bertz CT molecular complexity index is 411. The van der Waals surface area contributed by atoms with Gasteiger partial charge in [0.2, 0.25) is 5.88 Å². The third kappa shape index (κ3) is 1.77. The van der Waals surface area contributed by atoms with Crippen LogP contribution in [0.2, 0.25) is 0 Å². The second kappa shape index (κ2) is 3.69. The van der Waals surface area contributed by atoms with Gasteiger partial charge in [0.1, 0.15) is 6.26 Å². The van der Waals surface area contributed by atoms with Crippen LogP contribution in [-0.2, 0) is 0 Å². The molecule has 0 unspecified atom stereocenters. The topological polar surface area (TPSA) is 65.2 Å². The molecule has 0 amide bonds. The van der Waals surface area contributed by atoms with E-state index in [9.17, 15) is 4.79 Å². The highest BCUT2D eigenvalue weighted by Crippen LogP contribution is 2.06. The van der Waals surface area contributed by atoms with Crippen molar-refractivity contribution in [1.29, 1.82) is 0 Å². The first kappa shape index (κ1) is 8.43. The van der Waals surface area contributed by atoms with Crippen LogP contribution in [-0.4, -0.2) is 16.1 Å². The SMILES string of the molecule is O=C(Oc1ccccn1)c1ccon1. The summed E-state index contributed by atoms with van der Waals surface area (Å²) in [6.07, 6.45) is 2.83. The van der Waals surface area contributed by atoms with E-state index in [-0.39, 0.29) is 11.6 Å². The van der Waals surface area contributed by atoms with Crippen molar-refractivity contribution in [2.24, 2.45) is 0 Å². The van der Waals surface area contributed by atoms with E-state index in [1.807, 2.05) is 0 Å². The van der Waals surface area contributed by atoms with Crippen molar-refractivity contribution in [1.82, 2.24) is 10.1 Å². The van der Waals surface area contributed by atoms with Gasteiger partial charge in [0, 0.05) is 18.3 Å². The number of hydrogen-bond acceptors (Lipinski definition) is 5. The molecule has 0 aromatic carbocycles. The number of nitrogens with zero attached hydrogens (tertiary/aromatic N) is 2. The molecule has 0 bridgehead atoms. The summed E-state index contributed by atoms with van der Waals surface area (Å²) in [5, 5.41) is 3.44. The zero-order valence-electron chi connectivity index (χ0n) is 7.08. The highest BCUT2D eigenvalue weighted by molar-refractivity contribution is 5.88. The van der Waals surface area contributed by atoms with Gasteiger partial charge < -0.3 is 9.26 Å². The van der Waals surface area contributed by atoms with Crippen LogP contribution in [0.15, 0.2) is 41.2 Å². The molecule has 0 atom stereocenters. The molecule has 5 heteroatoms. The summed E-state index contributed by atoms with van der Waals surface area (Å²) in [7, 11) is 0. The fraction of sp³-hybridized carbons (Fsp3) is 0. The number of esters is 1. The van der Waals surface area contributed by atoms with Crippen LogP contribution in [0.5, 0.6) is 5.88 Å². The van der Waals surface area contributed by atoms with Crippen molar-refractivity contribution in [3.8, 4) is 5.88 Å². The molecule has 2 aromatic rings. The van der Waals surface area contributed by atoms with Gasteiger partial charge in [0.15, 0.2) is 5.69 Å². The van der Waals surface area contributed by atoms with Gasteiger partial charge in [-0.15, -0.1) is 0 Å². The monoisotopic (exact) mass is 190 g/mol. The highest BCUT2D eigenvalue weighted by atomic mass is 16.5. The van der Waals surface area contributed by atoms with Gasteiger partial charge in [0.25, 0.3) is 0 Å². The van der Waals surface area contributed by atoms with Crippen LogP contribution in [0.25, 0.3) is 0 Å². The van der Waals surface area contributed by atoms with Crippen LogP contribution < -0.4 is 4.74 Å². The Labute approximate surface area is 79.3 Å². The molecule has 0 spiro atoms. The molecule has 2 heterocycles. The summed E-state index contributed by atoms with van der Waals surface area (Å²) < 4.78 is 9.39. The lowest BCUT2D eigenvalue weighted by Gasteiger charge is -1.98. The molecule has 70 valence electrons. The smallest absolute Gasteiger partial charge is 0.367 e. The largest absolute Gasteiger partial charge is 0.403 e. The molecule has 0 saturated heterocycles. The molecule has 0 fully saturated rings. The Balaban J connectivity index is 2.10. The number of carbonyl (C=O) groups excluding carboxylic acids is 1. The van der Waals surface area contributed by atoms with E-state index in [0.717, 1.165) is 0 Å². The second-order valence-electron chi connectivity index (χ2n) is 2.44.